The molecule has 0 aromatic carbocycles. The van der Waals surface area contributed by atoms with Crippen molar-refractivity contribution in [3.8, 4) is 0 Å². The molecular weight excluding hydrogens is 186 g/mol. The van der Waals surface area contributed by atoms with Crippen LogP contribution >= 0.6 is 0 Å². The molecule has 1 aromatic rings. The van der Waals surface area contributed by atoms with Crippen LogP contribution < -0.4 is 4.90 Å². The Morgan fingerprint density at radius 3 is 2.79 bits per heavy atom. The monoisotopic (exact) mass is 198 g/mol. The summed E-state index contributed by atoms with van der Waals surface area (Å²) in [6.07, 6.45) is 2.47. The first-order valence-corrected chi connectivity index (χ1v) is 4.69. The Kier molecular flexibility index (Phi) is 2.13. The van der Waals surface area contributed by atoms with Crippen molar-refractivity contribution in [3.63, 3.8) is 0 Å². The Bertz CT molecular complexity index is 331. The lowest BCUT2D eigenvalue weighted by Gasteiger charge is -2.40. The van der Waals surface area contributed by atoms with Crippen molar-refractivity contribution in [2.75, 3.05) is 18.0 Å². The second kappa shape index (κ2) is 3.19. The Morgan fingerprint density at radius 1 is 1.50 bits per heavy atom. The summed E-state index contributed by atoms with van der Waals surface area (Å²) in [5.41, 5.74) is 1.03. The fourth-order valence-corrected chi connectivity index (χ4v) is 1.65. The highest BCUT2D eigenvalue weighted by Crippen LogP contribution is 2.32. The van der Waals surface area contributed by atoms with Crippen molar-refractivity contribution in [3.05, 3.63) is 23.9 Å². The van der Waals surface area contributed by atoms with E-state index in [0.29, 0.717) is 5.82 Å². The van der Waals surface area contributed by atoms with Crippen LogP contribution in [-0.2, 0) is 6.42 Å². The molecule has 14 heavy (non-hydrogen) atoms. The molecule has 0 radical (unpaired) electrons. The zero-order chi connectivity index (χ0) is 10.2. The number of aromatic nitrogens is 1. The van der Waals surface area contributed by atoms with E-state index in [0.717, 1.165) is 12.0 Å². The number of aryl methyl sites for hydroxylation is 1. The van der Waals surface area contributed by atoms with E-state index in [2.05, 4.69) is 4.98 Å². The largest absolute Gasteiger partial charge is 0.344 e. The molecule has 0 atom stereocenters. The molecule has 2 nitrogen and oxygen atoms in total. The van der Waals surface area contributed by atoms with E-state index in [1.807, 2.05) is 19.1 Å². The molecule has 0 aliphatic carbocycles. The normalized spacial score (nSPS) is 19.2. The minimum Gasteiger partial charge on any atom is -0.344 e. The van der Waals surface area contributed by atoms with Crippen LogP contribution in [0.2, 0.25) is 0 Å². The number of hydrogen-bond acceptors (Lipinski definition) is 2. The number of anilines is 1. The van der Waals surface area contributed by atoms with Crippen LogP contribution in [0, 0.1) is 0 Å². The van der Waals surface area contributed by atoms with Crippen molar-refractivity contribution in [1.29, 1.82) is 0 Å². The SMILES string of the molecule is CCc1cccnc1N1CC(F)(F)C1. The zero-order valence-corrected chi connectivity index (χ0v) is 8.00. The summed E-state index contributed by atoms with van der Waals surface area (Å²) in [6, 6.07) is 3.76. The van der Waals surface area contributed by atoms with Gasteiger partial charge in [0, 0.05) is 6.20 Å². The van der Waals surface area contributed by atoms with Gasteiger partial charge in [0.1, 0.15) is 5.82 Å². The molecule has 0 bridgehead atoms. The number of alkyl halides is 2. The van der Waals surface area contributed by atoms with Gasteiger partial charge in [-0.3, -0.25) is 0 Å². The lowest BCUT2D eigenvalue weighted by molar-refractivity contribution is -0.0267. The summed E-state index contributed by atoms with van der Waals surface area (Å²) in [5, 5.41) is 0. The average molecular weight is 198 g/mol. The number of rotatable bonds is 2. The van der Waals surface area contributed by atoms with Gasteiger partial charge >= 0.3 is 0 Å². The molecule has 1 saturated heterocycles. The molecule has 0 N–H and O–H groups in total. The van der Waals surface area contributed by atoms with E-state index in [9.17, 15) is 8.78 Å². The van der Waals surface area contributed by atoms with Gasteiger partial charge in [-0.05, 0) is 18.1 Å². The van der Waals surface area contributed by atoms with E-state index in [1.165, 1.54) is 0 Å². The van der Waals surface area contributed by atoms with Gasteiger partial charge in [-0.25, -0.2) is 13.8 Å². The van der Waals surface area contributed by atoms with Crippen LogP contribution in [0.15, 0.2) is 18.3 Å². The summed E-state index contributed by atoms with van der Waals surface area (Å²) in [5.74, 6) is -1.82. The predicted octanol–water partition coefficient (Wildman–Crippen LogP) is 2.10. The van der Waals surface area contributed by atoms with Crippen LogP contribution in [0.25, 0.3) is 0 Å². The maximum absolute atomic E-state index is 12.6. The van der Waals surface area contributed by atoms with Gasteiger partial charge in [0.2, 0.25) is 0 Å². The van der Waals surface area contributed by atoms with Crippen LogP contribution in [-0.4, -0.2) is 24.0 Å². The van der Waals surface area contributed by atoms with Crippen LogP contribution in [0.4, 0.5) is 14.6 Å². The van der Waals surface area contributed by atoms with Gasteiger partial charge < -0.3 is 4.90 Å². The van der Waals surface area contributed by atoms with Gasteiger partial charge in [-0.1, -0.05) is 13.0 Å². The minimum absolute atomic E-state index is 0.197. The van der Waals surface area contributed by atoms with Crippen molar-refractivity contribution < 1.29 is 8.78 Å². The van der Waals surface area contributed by atoms with E-state index < -0.39 is 5.92 Å². The molecule has 1 fully saturated rings. The van der Waals surface area contributed by atoms with Gasteiger partial charge in [0.15, 0.2) is 0 Å². The van der Waals surface area contributed by atoms with E-state index in [1.54, 1.807) is 11.1 Å². The fourth-order valence-electron chi connectivity index (χ4n) is 1.65. The molecule has 2 rings (SSSR count). The van der Waals surface area contributed by atoms with E-state index >= 15 is 0 Å². The Morgan fingerprint density at radius 2 is 2.21 bits per heavy atom. The smallest absolute Gasteiger partial charge is 0.282 e. The maximum Gasteiger partial charge on any atom is 0.282 e. The third kappa shape index (κ3) is 1.56. The molecule has 1 aromatic heterocycles. The summed E-state index contributed by atoms with van der Waals surface area (Å²) < 4.78 is 25.3. The highest BCUT2D eigenvalue weighted by Gasteiger charge is 2.44. The Balaban J connectivity index is 2.18. The number of nitrogens with zero attached hydrogens (tertiary/aromatic N) is 2. The number of halogens is 2. The number of hydrogen-bond donors (Lipinski definition) is 0. The highest BCUT2D eigenvalue weighted by atomic mass is 19.3. The van der Waals surface area contributed by atoms with Crippen molar-refractivity contribution >= 4 is 5.82 Å². The summed E-state index contributed by atoms with van der Waals surface area (Å²) in [4.78, 5) is 5.75. The van der Waals surface area contributed by atoms with Gasteiger partial charge in [-0.15, -0.1) is 0 Å². The molecular formula is C10H12F2N2. The van der Waals surface area contributed by atoms with Crippen LogP contribution in [0.1, 0.15) is 12.5 Å². The maximum atomic E-state index is 12.6. The second-order valence-corrected chi connectivity index (χ2v) is 3.55. The Hall–Kier alpha value is -1.19. The molecule has 0 amide bonds. The summed E-state index contributed by atoms with van der Waals surface area (Å²) in [6.45, 7) is 1.60. The molecule has 1 aliphatic heterocycles. The van der Waals surface area contributed by atoms with Crippen molar-refractivity contribution in [1.82, 2.24) is 4.98 Å². The summed E-state index contributed by atoms with van der Waals surface area (Å²) >= 11 is 0. The topological polar surface area (TPSA) is 16.1 Å². The molecule has 0 unspecified atom stereocenters. The summed E-state index contributed by atoms with van der Waals surface area (Å²) in [7, 11) is 0. The second-order valence-electron chi connectivity index (χ2n) is 3.55. The minimum atomic E-state index is -2.53. The first-order valence-electron chi connectivity index (χ1n) is 4.69. The quantitative estimate of drug-likeness (QED) is 0.723. The highest BCUT2D eigenvalue weighted by molar-refractivity contribution is 5.49. The first kappa shape index (κ1) is 9.37. The number of pyridine rings is 1. The van der Waals surface area contributed by atoms with E-state index in [-0.39, 0.29) is 13.1 Å². The molecule has 2 heterocycles. The standard InChI is InChI=1S/C10H12F2N2/c1-2-8-4-3-5-13-9(8)14-6-10(11,12)7-14/h3-5H,2,6-7H2,1H3. The van der Waals surface area contributed by atoms with E-state index in [4.69, 9.17) is 0 Å². The van der Waals surface area contributed by atoms with Crippen LogP contribution in [0.5, 0.6) is 0 Å². The zero-order valence-electron chi connectivity index (χ0n) is 8.00. The average Bonchev–Trinajstić information content (AvgIpc) is 2.14. The first-order chi connectivity index (χ1) is 6.62. The third-order valence-electron chi connectivity index (χ3n) is 2.39. The van der Waals surface area contributed by atoms with Crippen molar-refractivity contribution in [2.24, 2.45) is 0 Å². The van der Waals surface area contributed by atoms with Gasteiger partial charge in [0.05, 0.1) is 13.1 Å². The molecule has 76 valence electrons. The lowest BCUT2D eigenvalue weighted by atomic mass is 10.1. The van der Waals surface area contributed by atoms with Gasteiger partial charge in [0.25, 0.3) is 5.92 Å². The van der Waals surface area contributed by atoms with Crippen LogP contribution in [0.3, 0.4) is 0 Å². The van der Waals surface area contributed by atoms with Crippen molar-refractivity contribution in [2.45, 2.75) is 19.3 Å². The van der Waals surface area contributed by atoms with Gasteiger partial charge in [-0.2, -0.15) is 0 Å². The molecule has 0 saturated carbocycles. The Labute approximate surface area is 81.6 Å². The molecule has 0 spiro atoms. The lowest BCUT2D eigenvalue weighted by Crippen LogP contribution is -2.57. The fraction of sp³-hybridized carbons (Fsp3) is 0.500. The third-order valence-corrected chi connectivity index (χ3v) is 2.39. The predicted molar refractivity (Wildman–Crippen MR) is 50.8 cm³/mol. The molecule has 4 heteroatoms. The molecule has 1 aliphatic rings.